The topological polar surface area (TPSA) is 46.6 Å². The fourth-order valence-corrected chi connectivity index (χ4v) is 2.58. The van der Waals surface area contributed by atoms with Gasteiger partial charge in [-0.1, -0.05) is 6.07 Å². The van der Waals surface area contributed by atoms with E-state index in [0.29, 0.717) is 18.7 Å². The molecule has 1 aromatic rings. The highest BCUT2D eigenvalue weighted by molar-refractivity contribution is 5.96. The van der Waals surface area contributed by atoms with Crippen LogP contribution in [-0.2, 0) is 22.4 Å². The predicted octanol–water partition coefficient (Wildman–Crippen LogP) is 2.20. The van der Waals surface area contributed by atoms with E-state index in [1.807, 2.05) is 25.1 Å². The third-order valence-corrected chi connectivity index (χ3v) is 3.64. The smallest absolute Gasteiger partial charge is 0.325 e. The van der Waals surface area contributed by atoms with E-state index in [-0.39, 0.29) is 18.4 Å². The summed E-state index contributed by atoms with van der Waals surface area (Å²) in [6.45, 7) is 4.47. The van der Waals surface area contributed by atoms with Gasteiger partial charge in [0.15, 0.2) is 0 Å². The maximum Gasteiger partial charge on any atom is 0.325 e. The number of carbonyl (C=O) groups is 2. The lowest BCUT2D eigenvalue weighted by atomic mass is 10.1. The Bertz CT molecular complexity index is 510. The minimum absolute atomic E-state index is 0.0141. The van der Waals surface area contributed by atoms with Crippen LogP contribution < -0.4 is 0 Å². The summed E-state index contributed by atoms with van der Waals surface area (Å²) < 4.78 is 4.90. The van der Waals surface area contributed by atoms with E-state index in [1.54, 1.807) is 6.92 Å². The predicted molar refractivity (Wildman–Crippen MR) is 76.7 cm³/mol. The van der Waals surface area contributed by atoms with Gasteiger partial charge in [0, 0.05) is 12.1 Å². The van der Waals surface area contributed by atoms with Crippen molar-refractivity contribution in [2.24, 2.45) is 0 Å². The van der Waals surface area contributed by atoms with Gasteiger partial charge in [-0.25, -0.2) is 0 Å². The molecule has 0 fully saturated rings. The van der Waals surface area contributed by atoms with Gasteiger partial charge < -0.3 is 9.64 Å². The Balaban J connectivity index is 2.10. The molecule has 0 N–H and O–H groups in total. The molecule has 0 radical (unpaired) electrons. The summed E-state index contributed by atoms with van der Waals surface area (Å²) in [5.41, 5.74) is 3.27. The van der Waals surface area contributed by atoms with Gasteiger partial charge in [-0.2, -0.15) is 0 Å². The number of rotatable bonds is 5. The molecule has 0 atom stereocenters. The first-order valence-corrected chi connectivity index (χ1v) is 7.22. The molecule has 1 aliphatic carbocycles. The second kappa shape index (κ2) is 6.55. The summed E-state index contributed by atoms with van der Waals surface area (Å²) in [4.78, 5) is 25.5. The third-order valence-electron chi connectivity index (χ3n) is 3.64. The van der Waals surface area contributed by atoms with E-state index in [4.69, 9.17) is 4.74 Å². The molecule has 0 saturated carbocycles. The number of carbonyl (C=O) groups excluding carboxylic acids is 2. The molecule has 108 valence electrons. The number of aryl methyl sites for hydroxylation is 2. The highest BCUT2D eigenvalue weighted by atomic mass is 16.5. The van der Waals surface area contributed by atoms with E-state index in [2.05, 4.69) is 0 Å². The molecule has 0 aliphatic heterocycles. The van der Waals surface area contributed by atoms with E-state index in [1.165, 1.54) is 16.0 Å². The molecular formula is C16H21NO3. The molecular weight excluding hydrogens is 254 g/mol. The Morgan fingerprint density at radius 3 is 2.65 bits per heavy atom. The number of fused-ring (bicyclic) bond motifs is 1. The zero-order chi connectivity index (χ0) is 14.5. The summed E-state index contributed by atoms with van der Waals surface area (Å²) in [6, 6.07) is 5.87. The van der Waals surface area contributed by atoms with E-state index >= 15 is 0 Å². The molecule has 1 aliphatic rings. The molecule has 0 spiro atoms. The molecule has 20 heavy (non-hydrogen) atoms. The van der Waals surface area contributed by atoms with Crippen LogP contribution in [0.1, 0.15) is 41.8 Å². The van der Waals surface area contributed by atoms with Crippen molar-refractivity contribution in [1.29, 1.82) is 0 Å². The molecule has 1 aromatic carbocycles. The SMILES string of the molecule is CCOC(=O)CN(CC)C(=O)c1ccc2c(c1)CCC2. The number of ether oxygens (including phenoxy) is 1. The highest BCUT2D eigenvalue weighted by Gasteiger charge is 2.20. The zero-order valence-electron chi connectivity index (χ0n) is 12.1. The molecule has 1 amide bonds. The average molecular weight is 275 g/mol. The maximum atomic E-state index is 12.4. The number of hydrogen-bond donors (Lipinski definition) is 0. The fraction of sp³-hybridized carbons (Fsp3) is 0.500. The second-order valence-electron chi connectivity index (χ2n) is 4.96. The first-order valence-electron chi connectivity index (χ1n) is 7.22. The monoisotopic (exact) mass is 275 g/mol. The normalized spacial score (nSPS) is 12.9. The molecule has 4 heteroatoms. The Morgan fingerprint density at radius 2 is 1.95 bits per heavy atom. The lowest BCUT2D eigenvalue weighted by Gasteiger charge is -2.20. The van der Waals surface area contributed by atoms with Crippen molar-refractivity contribution < 1.29 is 14.3 Å². The fourth-order valence-electron chi connectivity index (χ4n) is 2.58. The summed E-state index contributed by atoms with van der Waals surface area (Å²) >= 11 is 0. The van der Waals surface area contributed by atoms with E-state index in [0.717, 1.165) is 19.3 Å². The van der Waals surface area contributed by atoms with Crippen molar-refractivity contribution in [3.8, 4) is 0 Å². The molecule has 0 saturated heterocycles. The maximum absolute atomic E-state index is 12.4. The van der Waals surface area contributed by atoms with Gasteiger partial charge in [0.25, 0.3) is 5.91 Å². The van der Waals surface area contributed by atoms with Crippen molar-refractivity contribution in [3.05, 3.63) is 34.9 Å². The van der Waals surface area contributed by atoms with Crippen LogP contribution in [0.2, 0.25) is 0 Å². The van der Waals surface area contributed by atoms with Crippen molar-refractivity contribution >= 4 is 11.9 Å². The molecule has 0 heterocycles. The molecule has 0 unspecified atom stereocenters. The largest absolute Gasteiger partial charge is 0.465 e. The van der Waals surface area contributed by atoms with Crippen LogP contribution in [-0.4, -0.2) is 36.5 Å². The van der Waals surface area contributed by atoms with Crippen LogP contribution >= 0.6 is 0 Å². The minimum atomic E-state index is -0.358. The Kier molecular flexibility index (Phi) is 4.77. The lowest BCUT2D eigenvalue weighted by Crippen LogP contribution is -2.36. The minimum Gasteiger partial charge on any atom is -0.465 e. The van der Waals surface area contributed by atoms with Crippen LogP contribution in [0, 0.1) is 0 Å². The Hall–Kier alpha value is -1.84. The van der Waals surface area contributed by atoms with Gasteiger partial charge in [0.05, 0.1) is 6.61 Å². The van der Waals surface area contributed by atoms with Crippen molar-refractivity contribution in [2.75, 3.05) is 19.7 Å². The first-order chi connectivity index (χ1) is 9.65. The van der Waals surface area contributed by atoms with Gasteiger partial charge in [0.2, 0.25) is 0 Å². The third kappa shape index (κ3) is 3.18. The van der Waals surface area contributed by atoms with Gasteiger partial charge in [0.1, 0.15) is 6.54 Å². The average Bonchev–Trinajstić information content (AvgIpc) is 2.91. The summed E-state index contributed by atoms with van der Waals surface area (Å²) in [5.74, 6) is -0.459. The van der Waals surface area contributed by atoms with Crippen LogP contribution in [0.4, 0.5) is 0 Å². The summed E-state index contributed by atoms with van der Waals surface area (Å²) in [5, 5.41) is 0. The number of likely N-dealkylation sites (N-methyl/N-ethyl adjacent to an activating group) is 1. The zero-order valence-corrected chi connectivity index (χ0v) is 12.1. The molecule has 4 nitrogen and oxygen atoms in total. The molecule has 0 aromatic heterocycles. The summed E-state index contributed by atoms with van der Waals surface area (Å²) in [6.07, 6.45) is 3.30. The quantitative estimate of drug-likeness (QED) is 0.774. The second-order valence-corrected chi connectivity index (χ2v) is 4.96. The van der Waals surface area contributed by atoms with Crippen molar-refractivity contribution in [2.45, 2.75) is 33.1 Å². The van der Waals surface area contributed by atoms with Crippen molar-refractivity contribution in [1.82, 2.24) is 4.90 Å². The lowest BCUT2D eigenvalue weighted by molar-refractivity contribution is -0.143. The summed E-state index contributed by atoms with van der Waals surface area (Å²) in [7, 11) is 0. The van der Waals surface area contributed by atoms with Crippen LogP contribution in [0.15, 0.2) is 18.2 Å². The first kappa shape index (κ1) is 14.6. The number of amides is 1. The van der Waals surface area contributed by atoms with Crippen molar-refractivity contribution in [3.63, 3.8) is 0 Å². The van der Waals surface area contributed by atoms with Gasteiger partial charge in [-0.15, -0.1) is 0 Å². The van der Waals surface area contributed by atoms with Gasteiger partial charge in [-0.05, 0) is 56.4 Å². The van der Waals surface area contributed by atoms with Gasteiger partial charge >= 0.3 is 5.97 Å². The Labute approximate surface area is 119 Å². The number of hydrogen-bond acceptors (Lipinski definition) is 3. The van der Waals surface area contributed by atoms with Gasteiger partial charge in [-0.3, -0.25) is 9.59 Å². The Morgan fingerprint density at radius 1 is 1.20 bits per heavy atom. The van der Waals surface area contributed by atoms with E-state index in [9.17, 15) is 9.59 Å². The molecule has 0 bridgehead atoms. The number of nitrogens with zero attached hydrogens (tertiary/aromatic N) is 1. The standard InChI is InChI=1S/C16H21NO3/c1-3-17(11-15(18)20-4-2)16(19)14-9-8-12-6-5-7-13(12)10-14/h8-10H,3-7,11H2,1-2H3. The van der Waals surface area contributed by atoms with Crippen LogP contribution in [0.25, 0.3) is 0 Å². The van der Waals surface area contributed by atoms with Crippen LogP contribution in [0.3, 0.4) is 0 Å². The highest BCUT2D eigenvalue weighted by Crippen LogP contribution is 2.23. The number of esters is 1. The van der Waals surface area contributed by atoms with Crippen LogP contribution in [0.5, 0.6) is 0 Å². The van der Waals surface area contributed by atoms with E-state index < -0.39 is 0 Å². The molecule has 2 rings (SSSR count). The number of benzene rings is 1.